The number of hydrogen-bond donors (Lipinski definition) is 1. The summed E-state index contributed by atoms with van der Waals surface area (Å²) in [4.78, 5) is 14.0. The van der Waals surface area contributed by atoms with Gasteiger partial charge in [0.2, 0.25) is 5.91 Å². The summed E-state index contributed by atoms with van der Waals surface area (Å²) in [6.07, 6.45) is 2.37. The predicted octanol–water partition coefficient (Wildman–Crippen LogP) is 2.69. The van der Waals surface area contributed by atoms with E-state index >= 15 is 0 Å². The van der Waals surface area contributed by atoms with Crippen molar-refractivity contribution < 1.29 is 9.53 Å². The smallest absolute Gasteiger partial charge is 0.225 e. The molecule has 2 N–H and O–H groups in total. The van der Waals surface area contributed by atoms with Crippen LogP contribution in [0.1, 0.15) is 26.2 Å². The molecule has 21 heavy (non-hydrogen) atoms. The van der Waals surface area contributed by atoms with Gasteiger partial charge in [-0.2, -0.15) is 0 Å². The topological polar surface area (TPSA) is 55.6 Å². The summed E-state index contributed by atoms with van der Waals surface area (Å²) in [5.41, 5.74) is 5.91. The average molecular weight is 311 g/mol. The van der Waals surface area contributed by atoms with Gasteiger partial charge in [-0.3, -0.25) is 4.79 Å². The highest BCUT2D eigenvalue weighted by Gasteiger charge is 2.24. The molecule has 5 heteroatoms. The maximum Gasteiger partial charge on any atom is 0.225 e. The van der Waals surface area contributed by atoms with E-state index < -0.39 is 0 Å². The van der Waals surface area contributed by atoms with Crippen LogP contribution in [0.15, 0.2) is 24.3 Å². The number of benzene rings is 1. The first-order valence-electron chi connectivity index (χ1n) is 7.48. The predicted molar refractivity (Wildman–Crippen MR) is 84.5 cm³/mol. The fourth-order valence-electron chi connectivity index (χ4n) is 2.64. The van der Waals surface area contributed by atoms with Crippen LogP contribution in [0, 0.1) is 5.92 Å². The van der Waals surface area contributed by atoms with Crippen LogP contribution < -0.4 is 10.5 Å². The zero-order valence-corrected chi connectivity index (χ0v) is 13.2. The molecule has 1 unspecified atom stereocenters. The summed E-state index contributed by atoms with van der Waals surface area (Å²) in [5.74, 6) is 1.31. The van der Waals surface area contributed by atoms with Crippen molar-refractivity contribution >= 4 is 17.5 Å². The maximum absolute atomic E-state index is 12.1. The lowest BCUT2D eigenvalue weighted by Gasteiger charge is -2.33. The van der Waals surface area contributed by atoms with E-state index in [1.165, 1.54) is 0 Å². The molecule has 1 atom stereocenters. The number of carbonyl (C=O) groups excluding carboxylic acids is 1. The minimum atomic E-state index is 0.144. The van der Waals surface area contributed by atoms with Gasteiger partial charge in [0.15, 0.2) is 0 Å². The zero-order valence-electron chi connectivity index (χ0n) is 12.4. The number of carbonyl (C=O) groups is 1. The molecule has 0 aromatic heterocycles. The molecule has 0 radical (unpaired) electrons. The van der Waals surface area contributed by atoms with E-state index in [4.69, 9.17) is 22.1 Å². The molecule has 116 valence electrons. The van der Waals surface area contributed by atoms with E-state index in [1.54, 1.807) is 12.1 Å². The Morgan fingerprint density at radius 1 is 1.43 bits per heavy atom. The number of piperidine rings is 1. The van der Waals surface area contributed by atoms with Crippen LogP contribution in [-0.2, 0) is 4.79 Å². The van der Waals surface area contributed by atoms with Crippen LogP contribution in [0.3, 0.4) is 0 Å². The summed E-state index contributed by atoms with van der Waals surface area (Å²) < 4.78 is 5.56. The normalized spacial score (nSPS) is 17.6. The molecule has 4 nitrogen and oxygen atoms in total. The summed E-state index contributed by atoms with van der Waals surface area (Å²) in [6, 6.07) is 7.51. The lowest BCUT2D eigenvalue weighted by atomic mass is 9.91. The monoisotopic (exact) mass is 310 g/mol. The molecule has 1 heterocycles. The number of ether oxygens (including phenoxy) is 1. The first-order valence-corrected chi connectivity index (χ1v) is 7.86. The molecule has 1 amide bonds. The van der Waals surface area contributed by atoms with Crippen LogP contribution in [0.5, 0.6) is 5.75 Å². The van der Waals surface area contributed by atoms with Gasteiger partial charge in [-0.15, -0.1) is 0 Å². The van der Waals surface area contributed by atoms with Crippen molar-refractivity contribution in [2.45, 2.75) is 32.2 Å². The maximum atomic E-state index is 12.1. The molecule has 0 saturated carbocycles. The highest BCUT2D eigenvalue weighted by Crippen LogP contribution is 2.23. The van der Waals surface area contributed by atoms with Crippen molar-refractivity contribution in [3.8, 4) is 5.75 Å². The number of rotatable bonds is 5. The van der Waals surface area contributed by atoms with Gasteiger partial charge in [0.05, 0.1) is 18.1 Å². The third kappa shape index (κ3) is 4.61. The number of halogens is 1. The van der Waals surface area contributed by atoms with E-state index in [1.807, 2.05) is 24.0 Å². The second kappa shape index (κ2) is 7.66. The molecule has 1 aromatic carbocycles. The largest absolute Gasteiger partial charge is 0.491 e. The van der Waals surface area contributed by atoms with E-state index in [0.717, 1.165) is 25.9 Å². The zero-order chi connectivity index (χ0) is 15.2. The van der Waals surface area contributed by atoms with Crippen molar-refractivity contribution in [3.05, 3.63) is 29.3 Å². The number of likely N-dealkylation sites (tertiary alicyclic amines) is 1. The fraction of sp³-hybridized carbons (Fsp3) is 0.562. The lowest BCUT2D eigenvalue weighted by molar-refractivity contribution is -0.133. The van der Waals surface area contributed by atoms with Crippen molar-refractivity contribution in [2.24, 2.45) is 11.7 Å². The molecular weight excluding hydrogens is 288 g/mol. The minimum Gasteiger partial charge on any atom is -0.491 e. The number of amides is 1. The van der Waals surface area contributed by atoms with Gasteiger partial charge in [-0.05, 0) is 37.8 Å². The van der Waals surface area contributed by atoms with Gasteiger partial charge in [-0.1, -0.05) is 23.7 Å². The molecule has 1 aromatic rings. The van der Waals surface area contributed by atoms with Crippen LogP contribution in [0.4, 0.5) is 0 Å². The van der Waals surface area contributed by atoms with E-state index in [9.17, 15) is 4.79 Å². The minimum absolute atomic E-state index is 0.144. The first kappa shape index (κ1) is 16.1. The van der Waals surface area contributed by atoms with E-state index in [0.29, 0.717) is 29.7 Å². The molecule has 2 rings (SSSR count). The highest BCUT2D eigenvalue weighted by atomic mass is 35.5. The molecule has 1 fully saturated rings. The van der Waals surface area contributed by atoms with Crippen LogP contribution in [-0.4, -0.2) is 36.5 Å². The van der Waals surface area contributed by atoms with Gasteiger partial charge in [0.25, 0.3) is 0 Å². The molecule has 1 aliphatic heterocycles. The molecule has 0 aliphatic carbocycles. The molecule has 0 spiro atoms. The van der Waals surface area contributed by atoms with E-state index in [2.05, 4.69) is 0 Å². The SMILES string of the molecule is CC(N)C1CCN(C(=O)CCOc2ccccc2Cl)CC1. The Morgan fingerprint density at radius 3 is 2.71 bits per heavy atom. The lowest BCUT2D eigenvalue weighted by Crippen LogP contribution is -2.42. The Hall–Kier alpha value is -1.26. The van der Waals surface area contributed by atoms with Crippen molar-refractivity contribution in [1.29, 1.82) is 0 Å². The molecule has 1 saturated heterocycles. The number of hydrogen-bond acceptors (Lipinski definition) is 3. The summed E-state index contributed by atoms with van der Waals surface area (Å²) in [6.45, 7) is 4.00. The van der Waals surface area contributed by atoms with Crippen molar-refractivity contribution in [2.75, 3.05) is 19.7 Å². The van der Waals surface area contributed by atoms with E-state index in [-0.39, 0.29) is 11.9 Å². The molecule has 1 aliphatic rings. The van der Waals surface area contributed by atoms with Gasteiger partial charge in [-0.25, -0.2) is 0 Å². The number of para-hydroxylation sites is 1. The number of nitrogens with two attached hydrogens (primary N) is 1. The van der Waals surface area contributed by atoms with Crippen LogP contribution in [0.2, 0.25) is 5.02 Å². The van der Waals surface area contributed by atoms with Gasteiger partial charge < -0.3 is 15.4 Å². The summed E-state index contributed by atoms with van der Waals surface area (Å²) in [5, 5.41) is 0.572. The Morgan fingerprint density at radius 2 is 2.10 bits per heavy atom. The average Bonchev–Trinajstić information content (AvgIpc) is 2.49. The van der Waals surface area contributed by atoms with Gasteiger partial charge in [0.1, 0.15) is 5.75 Å². The Balaban J connectivity index is 1.72. The Bertz CT molecular complexity index is 471. The second-order valence-corrected chi connectivity index (χ2v) is 6.01. The highest BCUT2D eigenvalue weighted by molar-refractivity contribution is 6.32. The van der Waals surface area contributed by atoms with Crippen molar-refractivity contribution in [3.63, 3.8) is 0 Å². The third-order valence-electron chi connectivity index (χ3n) is 4.05. The summed E-state index contributed by atoms with van der Waals surface area (Å²) >= 11 is 6.00. The number of nitrogens with zero attached hydrogens (tertiary/aromatic N) is 1. The van der Waals surface area contributed by atoms with Crippen molar-refractivity contribution in [1.82, 2.24) is 4.90 Å². The fourth-order valence-corrected chi connectivity index (χ4v) is 2.83. The van der Waals surface area contributed by atoms with Crippen LogP contribution >= 0.6 is 11.6 Å². The third-order valence-corrected chi connectivity index (χ3v) is 4.36. The first-order chi connectivity index (χ1) is 10.1. The molecule has 0 bridgehead atoms. The summed E-state index contributed by atoms with van der Waals surface area (Å²) in [7, 11) is 0. The Labute approximate surface area is 131 Å². The Kier molecular flexibility index (Phi) is 5.88. The molecular formula is C16H23ClN2O2. The van der Waals surface area contributed by atoms with Gasteiger partial charge >= 0.3 is 0 Å². The van der Waals surface area contributed by atoms with Crippen LogP contribution in [0.25, 0.3) is 0 Å². The second-order valence-electron chi connectivity index (χ2n) is 5.61. The quantitative estimate of drug-likeness (QED) is 0.909. The van der Waals surface area contributed by atoms with Gasteiger partial charge in [0, 0.05) is 19.1 Å². The standard InChI is InChI=1S/C16H23ClN2O2/c1-12(18)13-6-9-19(10-7-13)16(20)8-11-21-15-5-3-2-4-14(15)17/h2-5,12-13H,6-11,18H2,1H3.